The minimum Gasteiger partial charge on any atom is -0.255 e. The molecule has 0 amide bonds. The molecule has 2 heteroatoms. The van der Waals surface area contributed by atoms with Gasteiger partial charge >= 0.3 is 0 Å². The first-order valence-electron chi connectivity index (χ1n) is 15.4. The molecule has 1 fully saturated rings. The van der Waals surface area contributed by atoms with E-state index in [-0.39, 0.29) is 10.8 Å². The Bertz CT molecular complexity index is 1710. The zero-order valence-electron chi connectivity index (χ0n) is 26.2. The van der Waals surface area contributed by atoms with Crippen LogP contribution in [0, 0.1) is 5.41 Å². The lowest BCUT2D eigenvalue weighted by Crippen LogP contribution is -2.20. The number of nitrogens with zero attached hydrogens (tertiary/aromatic N) is 1. The van der Waals surface area contributed by atoms with E-state index in [0.29, 0.717) is 11.3 Å². The molecule has 0 atom stereocenters. The van der Waals surface area contributed by atoms with Gasteiger partial charge in [-0.1, -0.05) is 104 Å². The second-order valence-corrected chi connectivity index (χ2v) is 16.2. The molecule has 0 aliphatic heterocycles. The molecule has 0 saturated heterocycles. The molecule has 0 radical (unpaired) electrons. The molecular weight excluding hydrogens is 515 g/mol. The van der Waals surface area contributed by atoms with Crippen molar-refractivity contribution in [2.24, 2.45) is 5.41 Å². The van der Waals surface area contributed by atoms with E-state index >= 15 is 0 Å². The Morgan fingerprint density at radius 3 is 2.10 bits per heavy atom. The topological polar surface area (TPSA) is 12.9 Å². The van der Waals surface area contributed by atoms with Crippen molar-refractivity contribution in [2.75, 3.05) is 0 Å². The summed E-state index contributed by atoms with van der Waals surface area (Å²) in [6, 6.07) is 25.3. The molecule has 212 valence electrons. The van der Waals surface area contributed by atoms with Crippen molar-refractivity contribution in [3.05, 3.63) is 89.6 Å². The standard InChI is InChI=1S/C39H45NS/c1-37(2,3)32-24-29(23-28-11-9-10-12-30(28)32)34-36-31(19-22-40-34)33(38(4,5)6)35(41-36)27-15-13-25(14-16-27)26-17-20-39(7,8)21-18-26/h9-16,19,22-24,26H,17-18,20-21H2,1-8H3. The summed E-state index contributed by atoms with van der Waals surface area (Å²) in [7, 11) is 0. The van der Waals surface area contributed by atoms with Gasteiger partial charge < -0.3 is 0 Å². The highest BCUT2D eigenvalue weighted by Crippen LogP contribution is 2.48. The molecule has 0 unspecified atom stereocenters. The lowest BCUT2D eigenvalue weighted by molar-refractivity contribution is 0.224. The summed E-state index contributed by atoms with van der Waals surface area (Å²) < 4.78 is 1.29. The lowest BCUT2D eigenvalue weighted by Gasteiger charge is -2.34. The first-order chi connectivity index (χ1) is 19.3. The van der Waals surface area contributed by atoms with E-state index in [1.54, 1.807) is 0 Å². The van der Waals surface area contributed by atoms with Crippen molar-refractivity contribution in [3.8, 4) is 21.7 Å². The summed E-state index contributed by atoms with van der Waals surface area (Å²) in [5.74, 6) is 0.697. The minimum absolute atomic E-state index is 0.0137. The Labute approximate surface area is 251 Å². The first kappa shape index (κ1) is 28.2. The number of benzene rings is 3. The van der Waals surface area contributed by atoms with Crippen molar-refractivity contribution < 1.29 is 0 Å². The maximum atomic E-state index is 5.03. The van der Waals surface area contributed by atoms with Crippen LogP contribution < -0.4 is 0 Å². The summed E-state index contributed by atoms with van der Waals surface area (Å²) in [6.45, 7) is 18.8. The number of thiophene rings is 1. The maximum Gasteiger partial charge on any atom is 0.0880 e. The van der Waals surface area contributed by atoms with Crippen molar-refractivity contribution in [1.29, 1.82) is 0 Å². The molecule has 5 aromatic rings. The molecule has 1 aliphatic rings. The highest BCUT2D eigenvalue weighted by atomic mass is 32.1. The van der Waals surface area contributed by atoms with Gasteiger partial charge in [-0.2, -0.15) is 0 Å². The highest BCUT2D eigenvalue weighted by molar-refractivity contribution is 7.23. The second-order valence-electron chi connectivity index (χ2n) is 15.1. The van der Waals surface area contributed by atoms with E-state index in [4.69, 9.17) is 4.98 Å². The van der Waals surface area contributed by atoms with Gasteiger partial charge in [-0.15, -0.1) is 11.3 Å². The van der Waals surface area contributed by atoms with Crippen LogP contribution in [0.2, 0.25) is 0 Å². The number of rotatable bonds is 3. The summed E-state index contributed by atoms with van der Waals surface area (Å²) >= 11 is 1.92. The molecule has 41 heavy (non-hydrogen) atoms. The van der Waals surface area contributed by atoms with Gasteiger partial charge in [0.25, 0.3) is 0 Å². The third-order valence-electron chi connectivity index (χ3n) is 9.28. The smallest absolute Gasteiger partial charge is 0.0880 e. The number of hydrogen-bond donors (Lipinski definition) is 0. The van der Waals surface area contributed by atoms with Crippen LogP contribution in [0.5, 0.6) is 0 Å². The summed E-state index contributed by atoms with van der Waals surface area (Å²) in [6.07, 6.45) is 7.28. The van der Waals surface area contributed by atoms with Crippen molar-refractivity contribution >= 4 is 32.2 Å². The molecule has 3 aromatic carbocycles. The fraction of sp³-hybridized carbons (Fsp3) is 0.410. The molecule has 0 spiro atoms. The molecular formula is C39H45NS. The van der Waals surface area contributed by atoms with Crippen molar-refractivity contribution in [2.45, 2.75) is 97.8 Å². The van der Waals surface area contributed by atoms with Crippen LogP contribution in [0.15, 0.2) is 72.9 Å². The zero-order valence-corrected chi connectivity index (χ0v) is 27.0. The highest BCUT2D eigenvalue weighted by Gasteiger charge is 2.29. The number of hydrogen-bond acceptors (Lipinski definition) is 2. The molecule has 2 aromatic heterocycles. The fourth-order valence-electron chi connectivity index (χ4n) is 6.88. The van der Waals surface area contributed by atoms with Crippen LogP contribution >= 0.6 is 11.3 Å². The molecule has 1 saturated carbocycles. The van der Waals surface area contributed by atoms with Crippen LogP contribution in [0.3, 0.4) is 0 Å². The van der Waals surface area contributed by atoms with Gasteiger partial charge in [0.2, 0.25) is 0 Å². The first-order valence-corrected chi connectivity index (χ1v) is 16.2. The predicted octanol–water partition coefficient (Wildman–Crippen LogP) is 12.1. The predicted molar refractivity (Wildman–Crippen MR) is 180 cm³/mol. The summed E-state index contributed by atoms with van der Waals surface area (Å²) in [4.78, 5) is 6.42. The maximum absolute atomic E-state index is 5.03. The van der Waals surface area contributed by atoms with E-state index in [0.717, 1.165) is 5.69 Å². The van der Waals surface area contributed by atoms with Crippen LogP contribution in [-0.2, 0) is 10.8 Å². The van der Waals surface area contributed by atoms with E-state index in [1.165, 1.54) is 79.2 Å². The van der Waals surface area contributed by atoms with E-state index < -0.39 is 0 Å². The van der Waals surface area contributed by atoms with Crippen molar-refractivity contribution in [3.63, 3.8) is 0 Å². The summed E-state index contributed by atoms with van der Waals surface area (Å²) in [5.41, 5.74) is 8.51. The van der Waals surface area contributed by atoms with E-state index in [9.17, 15) is 0 Å². The second kappa shape index (κ2) is 10.1. The minimum atomic E-state index is 0.0137. The van der Waals surface area contributed by atoms with Gasteiger partial charge in [0.1, 0.15) is 0 Å². The van der Waals surface area contributed by atoms with Crippen LogP contribution in [0.4, 0.5) is 0 Å². The molecule has 0 N–H and O–H groups in total. The van der Waals surface area contributed by atoms with Gasteiger partial charge in [-0.25, -0.2) is 0 Å². The molecule has 6 rings (SSSR count). The zero-order chi connectivity index (χ0) is 29.2. The Morgan fingerprint density at radius 1 is 0.756 bits per heavy atom. The van der Waals surface area contributed by atoms with Gasteiger partial charge in [0, 0.05) is 22.0 Å². The van der Waals surface area contributed by atoms with Gasteiger partial charge in [0.05, 0.1) is 10.4 Å². The van der Waals surface area contributed by atoms with Gasteiger partial charge in [-0.3, -0.25) is 4.98 Å². The molecule has 1 aliphatic carbocycles. The van der Waals surface area contributed by atoms with E-state index in [1.807, 2.05) is 17.5 Å². The Hall–Kier alpha value is -2.97. The average Bonchev–Trinajstić information content (AvgIpc) is 3.33. The third kappa shape index (κ3) is 5.37. The molecule has 2 heterocycles. The largest absolute Gasteiger partial charge is 0.255 e. The van der Waals surface area contributed by atoms with E-state index in [2.05, 4.69) is 122 Å². The van der Waals surface area contributed by atoms with Crippen molar-refractivity contribution in [1.82, 2.24) is 4.98 Å². The quantitative estimate of drug-likeness (QED) is 0.214. The number of aromatic nitrogens is 1. The number of fused-ring (bicyclic) bond motifs is 2. The van der Waals surface area contributed by atoms with Crippen LogP contribution in [0.25, 0.3) is 42.6 Å². The molecule has 0 bridgehead atoms. The summed E-state index contributed by atoms with van der Waals surface area (Å²) in [5, 5.41) is 3.95. The Kier molecular flexibility index (Phi) is 6.93. The van der Waals surface area contributed by atoms with Gasteiger partial charge in [-0.05, 0) is 99.1 Å². The van der Waals surface area contributed by atoms with Gasteiger partial charge in [0.15, 0.2) is 0 Å². The monoisotopic (exact) mass is 559 g/mol. The van der Waals surface area contributed by atoms with Crippen LogP contribution in [-0.4, -0.2) is 4.98 Å². The SMILES string of the molecule is CC1(C)CCC(c2ccc(-c3sc4c(-c5cc(C(C)(C)C)c6ccccc6c5)nccc4c3C(C)(C)C)cc2)CC1. The Balaban J connectivity index is 1.49. The third-order valence-corrected chi connectivity index (χ3v) is 10.5. The lowest BCUT2D eigenvalue weighted by atomic mass is 9.71. The average molecular weight is 560 g/mol. The Morgan fingerprint density at radius 2 is 1.44 bits per heavy atom. The van der Waals surface area contributed by atoms with Crippen LogP contribution in [0.1, 0.15) is 104 Å². The number of pyridine rings is 1. The normalized spacial score (nSPS) is 16.5. The fourth-order valence-corrected chi connectivity index (χ4v) is 8.41. The molecule has 1 nitrogen and oxygen atoms in total.